The van der Waals surface area contributed by atoms with Crippen LogP contribution < -0.4 is 5.73 Å². The first-order chi connectivity index (χ1) is 7.77. The Morgan fingerprint density at radius 2 is 2.31 bits per heavy atom. The fourth-order valence-corrected chi connectivity index (χ4v) is 1.66. The van der Waals surface area contributed by atoms with Crippen molar-refractivity contribution in [2.45, 2.75) is 31.8 Å². The number of aliphatic hydroxyl groups is 2. The molecule has 1 aliphatic rings. The molecule has 0 amide bonds. The normalized spacial score (nSPS) is 17.7. The van der Waals surface area contributed by atoms with Crippen molar-refractivity contribution in [2.24, 2.45) is 5.73 Å². The summed E-state index contributed by atoms with van der Waals surface area (Å²) in [7, 11) is 0. The molecule has 0 heterocycles. The maximum Gasteiger partial charge on any atom is 0.115 e. The van der Waals surface area contributed by atoms with Crippen molar-refractivity contribution in [3.63, 3.8) is 0 Å². The van der Waals surface area contributed by atoms with Crippen molar-refractivity contribution in [3.8, 4) is 0 Å². The van der Waals surface area contributed by atoms with E-state index in [0.717, 1.165) is 24.2 Å². The van der Waals surface area contributed by atoms with Crippen LogP contribution >= 0.6 is 0 Å². The molecule has 0 spiro atoms. The highest BCUT2D eigenvalue weighted by Gasteiger charge is 2.13. The zero-order chi connectivity index (χ0) is 11.8. The molecule has 0 aromatic carbocycles. The molecular weight excluding hydrogens is 206 g/mol. The van der Waals surface area contributed by atoms with Gasteiger partial charge in [0.15, 0.2) is 0 Å². The van der Waals surface area contributed by atoms with Gasteiger partial charge in [0.25, 0.3) is 0 Å². The Hall–Kier alpha value is -0.840. The van der Waals surface area contributed by atoms with Gasteiger partial charge in [-0.3, -0.25) is 0 Å². The van der Waals surface area contributed by atoms with Gasteiger partial charge in [-0.2, -0.15) is 0 Å². The molecule has 0 saturated carbocycles. The van der Waals surface area contributed by atoms with Crippen LogP contribution in [0, 0.1) is 0 Å². The van der Waals surface area contributed by atoms with Gasteiger partial charge in [0.2, 0.25) is 0 Å². The number of aliphatic hydroxyl groups excluding tert-OH is 2. The first kappa shape index (κ1) is 13.2. The zero-order valence-corrected chi connectivity index (χ0v) is 9.56. The lowest BCUT2D eigenvalue weighted by molar-refractivity contribution is 0.176. The van der Waals surface area contributed by atoms with Crippen molar-refractivity contribution < 1.29 is 14.9 Å². The highest BCUT2D eigenvalue weighted by Crippen LogP contribution is 2.22. The van der Waals surface area contributed by atoms with E-state index in [-0.39, 0.29) is 6.61 Å². The average molecular weight is 227 g/mol. The SMILES string of the molecule is NCCC(O)C1=CC(OCCCO)=CCC1. The van der Waals surface area contributed by atoms with Gasteiger partial charge in [-0.25, -0.2) is 0 Å². The van der Waals surface area contributed by atoms with E-state index < -0.39 is 6.10 Å². The first-order valence-corrected chi connectivity index (χ1v) is 5.80. The third kappa shape index (κ3) is 4.35. The third-order valence-electron chi connectivity index (χ3n) is 2.55. The van der Waals surface area contributed by atoms with E-state index in [4.69, 9.17) is 15.6 Å². The molecule has 4 nitrogen and oxygen atoms in total. The number of allylic oxidation sites excluding steroid dienone is 2. The molecule has 1 atom stereocenters. The summed E-state index contributed by atoms with van der Waals surface area (Å²) in [6.45, 7) is 1.14. The summed E-state index contributed by atoms with van der Waals surface area (Å²) >= 11 is 0. The quantitative estimate of drug-likeness (QED) is 0.560. The minimum atomic E-state index is -0.449. The van der Waals surface area contributed by atoms with E-state index in [1.165, 1.54) is 0 Å². The van der Waals surface area contributed by atoms with Gasteiger partial charge < -0.3 is 20.7 Å². The first-order valence-electron chi connectivity index (χ1n) is 5.80. The second kappa shape index (κ2) is 7.44. The summed E-state index contributed by atoms with van der Waals surface area (Å²) in [5.41, 5.74) is 6.40. The smallest absolute Gasteiger partial charge is 0.115 e. The summed E-state index contributed by atoms with van der Waals surface area (Å²) in [6.07, 6.45) is 6.43. The lowest BCUT2D eigenvalue weighted by Crippen LogP contribution is -2.17. The predicted molar refractivity (Wildman–Crippen MR) is 62.7 cm³/mol. The second-order valence-corrected chi connectivity index (χ2v) is 3.88. The van der Waals surface area contributed by atoms with Crippen molar-refractivity contribution >= 4 is 0 Å². The summed E-state index contributed by atoms with van der Waals surface area (Å²) in [5, 5.41) is 18.4. The summed E-state index contributed by atoms with van der Waals surface area (Å²) in [4.78, 5) is 0. The molecule has 0 fully saturated rings. The van der Waals surface area contributed by atoms with Crippen LogP contribution in [0.1, 0.15) is 25.7 Å². The molecular formula is C12H21NO3. The predicted octanol–water partition coefficient (Wildman–Crippen LogP) is 0.699. The fraction of sp³-hybridized carbons (Fsp3) is 0.667. The summed E-state index contributed by atoms with van der Waals surface area (Å²) in [5.74, 6) is 0.797. The largest absolute Gasteiger partial charge is 0.494 e. The molecule has 0 aliphatic heterocycles. The van der Waals surface area contributed by atoms with Gasteiger partial charge in [-0.1, -0.05) is 0 Å². The maximum absolute atomic E-state index is 9.79. The molecule has 4 N–H and O–H groups in total. The topological polar surface area (TPSA) is 75.7 Å². The number of rotatable bonds is 7. The van der Waals surface area contributed by atoms with E-state index in [0.29, 0.717) is 26.0 Å². The molecule has 0 saturated heterocycles. The monoisotopic (exact) mass is 227 g/mol. The van der Waals surface area contributed by atoms with Crippen LogP contribution in [0.5, 0.6) is 0 Å². The van der Waals surface area contributed by atoms with Crippen LogP contribution in [0.3, 0.4) is 0 Å². The Bertz CT molecular complexity index is 261. The molecule has 0 aromatic rings. The second-order valence-electron chi connectivity index (χ2n) is 3.88. The lowest BCUT2D eigenvalue weighted by Gasteiger charge is -2.18. The minimum Gasteiger partial charge on any atom is -0.494 e. The summed E-state index contributed by atoms with van der Waals surface area (Å²) < 4.78 is 5.46. The van der Waals surface area contributed by atoms with Gasteiger partial charge in [0, 0.05) is 13.0 Å². The zero-order valence-electron chi connectivity index (χ0n) is 9.56. The standard InChI is InChI=1S/C12H21NO3/c13-6-5-12(15)10-3-1-4-11(9-10)16-8-2-7-14/h4,9,12,14-15H,1-3,5-8,13H2. The van der Waals surface area contributed by atoms with Crippen LogP contribution in [-0.4, -0.2) is 36.1 Å². The Morgan fingerprint density at radius 1 is 1.50 bits per heavy atom. The third-order valence-corrected chi connectivity index (χ3v) is 2.55. The number of nitrogens with two attached hydrogens (primary N) is 1. The Labute approximate surface area is 96.4 Å². The van der Waals surface area contributed by atoms with Gasteiger partial charge in [0.05, 0.1) is 12.7 Å². The van der Waals surface area contributed by atoms with E-state index in [1.54, 1.807) is 0 Å². The molecule has 1 aliphatic carbocycles. The van der Waals surface area contributed by atoms with Crippen LogP contribution in [0.2, 0.25) is 0 Å². The Balaban J connectivity index is 2.44. The maximum atomic E-state index is 9.79. The van der Waals surface area contributed by atoms with Crippen LogP contribution in [-0.2, 0) is 4.74 Å². The Morgan fingerprint density at radius 3 is 3.00 bits per heavy atom. The van der Waals surface area contributed by atoms with Gasteiger partial charge in [-0.15, -0.1) is 0 Å². The molecule has 0 aromatic heterocycles. The van der Waals surface area contributed by atoms with Crippen molar-refractivity contribution in [2.75, 3.05) is 19.8 Å². The van der Waals surface area contributed by atoms with E-state index in [9.17, 15) is 5.11 Å². The van der Waals surface area contributed by atoms with E-state index in [1.807, 2.05) is 12.2 Å². The highest BCUT2D eigenvalue weighted by atomic mass is 16.5. The molecule has 0 bridgehead atoms. The fourth-order valence-electron chi connectivity index (χ4n) is 1.66. The van der Waals surface area contributed by atoms with E-state index >= 15 is 0 Å². The molecule has 1 rings (SSSR count). The number of hydrogen-bond acceptors (Lipinski definition) is 4. The highest BCUT2D eigenvalue weighted by molar-refractivity contribution is 5.25. The molecule has 0 radical (unpaired) electrons. The van der Waals surface area contributed by atoms with E-state index in [2.05, 4.69) is 0 Å². The molecule has 4 heteroatoms. The molecule has 1 unspecified atom stereocenters. The van der Waals surface area contributed by atoms with Crippen LogP contribution in [0.4, 0.5) is 0 Å². The molecule has 16 heavy (non-hydrogen) atoms. The average Bonchev–Trinajstić information content (AvgIpc) is 2.30. The lowest BCUT2D eigenvalue weighted by atomic mass is 9.97. The number of ether oxygens (including phenoxy) is 1. The van der Waals surface area contributed by atoms with Crippen molar-refractivity contribution in [1.29, 1.82) is 0 Å². The van der Waals surface area contributed by atoms with Crippen LogP contribution in [0.15, 0.2) is 23.5 Å². The molecule has 92 valence electrons. The van der Waals surface area contributed by atoms with Gasteiger partial charge in [-0.05, 0) is 43.5 Å². The van der Waals surface area contributed by atoms with Gasteiger partial charge >= 0.3 is 0 Å². The Kier molecular flexibility index (Phi) is 6.15. The van der Waals surface area contributed by atoms with Crippen molar-refractivity contribution in [1.82, 2.24) is 0 Å². The minimum absolute atomic E-state index is 0.139. The van der Waals surface area contributed by atoms with Gasteiger partial charge in [0.1, 0.15) is 5.76 Å². The summed E-state index contributed by atoms with van der Waals surface area (Å²) in [6, 6.07) is 0. The number of hydrogen-bond donors (Lipinski definition) is 3. The van der Waals surface area contributed by atoms with Crippen LogP contribution in [0.25, 0.3) is 0 Å². The van der Waals surface area contributed by atoms with Crippen molar-refractivity contribution in [3.05, 3.63) is 23.5 Å².